The molecule has 1 aromatic carbocycles. The molecule has 1 N–H and O–H groups in total. The summed E-state index contributed by atoms with van der Waals surface area (Å²) in [5.74, 6) is 0. The molecular weight excluding hydrogens is 475 g/mol. The molecule has 1 heterocycles. The predicted octanol–water partition coefficient (Wildman–Crippen LogP) is 3.89. The fourth-order valence-electron chi connectivity index (χ4n) is 3.01. The molecule has 154 valence electrons. The van der Waals surface area contributed by atoms with Crippen molar-refractivity contribution in [3.05, 3.63) is 35.9 Å². The Morgan fingerprint density at radius 1 is 1.25 bits per heavy atom. The van der Waals surface area contributed by atoms with Gasteiger partial charge in [-0.1, -0.05) is 30.3 Å². The van der Waals surface area contributed by atoms with Crippen LogP contribution in [0.25, 0.3) is 0 Å². The third-order valence-electron chi connectivity index (χ3n) is 4.58. The highest BCUT2D eigenvalue weighted by Gasteiger charge is 2.47. The van der Waals surface area contributed by atoms with Crippen molar-refractivity contribution in [1.29, 1.82) is 0 Å². The molecule has 1 aliphatic heterocycles. The van der Waals surface area contributed by atoms with Crippen LogP contribution in [-0.2, 0) is 20.9 Å². The number of nitrogens with zero attached hydrogens (tertiary/aromatic N) is 1. The summed E-state index contributed by atoms with van der Waals surface area (Å²) in [4.78, 5) is 38.5. The van der Waals surface area contributed by atoms with E-state index in [1.807, 2.05) is 30.3 Å². The van der Waals surface area contributed by atoms with Crippen LogP contribution < -0.4 is 5.32 Å². The lowest BCUT2D eigenvalue weighted by Crippen LogP contribution is -2.60. The van der Waals surface area contributed by atoms with Gasteiger partial charge in [0.1, 0.15) is 12.2 Å². The lowest BCUT2D eigenvalue weighted by Gasteiger charge is -2.44. The van der Waals surface area contributed by atoms with Crippen LogP contribution in [0.4, 0.5) is 9.59 Å². The van der Waals surface area contributed by atoms with Crippen LogP contribution in [0.5, 0.6) is 0 Å². The first-order valence-electron chi connectivity index (χ1n) is 9.16. The van der Waals surface area contributed by atoms with Crippen molar-refractivity contribution in [3.8, 4) is 0 Å². The topological polar surface area (TPSA) is 84.9 Å². The van der Waals surface area contributed by atoms with E-state index in [0.717, 1.165) is 5.56 Å². The van der Waals surface area contributed by atoms with Crippen LogP contribution in [0.1, 0.15) is 39.7 Å². The molecular formula is C20H27IN2O5. The maximum absolute atomic E-state index is 12.4. The summed E-state index contributed by atoms with van der Waals surface area (Å²) < 4.78 is 10.6. The van der Waals surface area contributed by atoms with Crippen LogP contribution in [0.15, 0.2) is 30.3 Å². The van der Waals surface area contributed by atoms with Crippen LogP contribution >= 0.6 is 22.6 Å². The van der Waals surface area contributed by atoms with Gasteiger partial charge in [-0.25, -0.2) is 9.59 Å². The molecule has 2 rings (SSSR count). The summed E-state index contributed by atoms with van der Waals surface area (Å²) in [6.45, 7) is 7.85. The Morgan fingerprint density at radius 3 is 2.46 bits per heavy atom. The summed E-state index contributed by atoms with van der Waals surface area (Å²) in [6.07, 6.45) is -0.602. The molecule has 2 atom stereocenters. The summed E-state index contributed by atoms with van der Waals surface area (Å²) in [5.41, 5.74) is -0.662. The van der Waals surface area contributed by atoms with E-state index in [4.69, 9.17) is 9.47 Å². The summed E-state index contributed by atoms with van der Waals surface area (Å²) in [5, 5.41) is 2.80. The summed E-state index contributed by atoms with van der Waals surface area (Å²) in [7, 11) is 0. The Kier molecular flexibility index (Phi) is 7.30. The van der Waals surface area contributed by atoms with Gasteiger partial charge in [-0.05, 0) is 39.7 Å². The van der Waals surface area contributed by atoms with Gasteiger partial charge in [0.2, 0.25) is 3.79 Å². The maximum atomic E-state index is 12.4. The third-order valence-corrected chi connectivity index (χ3v) is 5.81. The second-order valence-corrected chi connectivity index (χ2v) is 9.12. The van der Waals surface area contributed by atoms with Crippen molar-refractivity contribution in [1.82, 2.24) is 10.2 Å². The Balaban J connectivity index is 1.99. The Labute approximate surface area is 179 Å². The summed E-state index contributed by atoms with van der Waals surface area (Å²) in [6, 6.07) is 8.93. The van der Waals surface area contributed by atoms with Crippen molar-refractivity contribution >= 4 is 38.6 Å². The van der Waals surface area contributed by atoms with Gasteiger partial charge in [-0.3, -0.25) is 4.79 Å². The second kappa shape index (κ2) is 9.11. The lowest BCUT2D eigenvalue weighted by molar-refractivity contribution is -0.121. The average Bonchev–Trinajstić information content (AvgIpc) is 2.61. The number of nitrogens with one attached hydrogen (secondary N) is 1. The SMILES string of the molecule is CC(C)(C)OC(=O)N1CC[C@H](NC(=O)OCc2ccccc2)[C@](C)(C(=O)I)C1. The normalized spacial score (nSPS) is 22.3. The van der Waals surface area contributed by atoms with Gasteiger partial charge in [-0.15, -0.1) is 0 Å². The number of carbonyl (C=O) groups is 3. The highest BCUT2D eigenvalue weighted by atomic mass is 127. The first-order chi connectivity index (χ1) is 13.0. The molecule has 1 aliphatic rings. The van der Waals surface area contributed by atoms with Gasteiger partial charge < -0.3 is 19.7 Å². The van der Waals surface area contributed by atoms with Crippen LogP contribution in [0.2, 0.25) is 0 Å². The first-order valence-corrected chi connectivity index (χ1v) is 10.2. The molecule has 0 saturated carbocycles. The smallest absolute Gasteiger partial charge is 0.410 e. The van der Waals surface area contributed by atoms with Gasteiger partial charge in [0.05, 0.1) is 5.41 Å². The number of ether oxygens (including phenoxy) is 2. The van der Waals surface area contributed by atoms with E-state index in [0.29, 0.717) is 13.0 Å². The van der Waals surface area contributed by atoms with Gasteiger partial charge in [-0.2, -0.15) is 0 Å². The minimum absolute atomic E-state index is 0.133. The van der Waals surface area contributed by atoms with Gasteiger partial charge >= 0.3 is 12.2 Å². The van der Waals surface area contributed by atoms with E-state index >= 15 is 0 Å². The molecule has 0 aromatic heterocycles. The molecule has 0 spiro atoms. The molecule has 1 saturated heterocycles. The van der Waals surface area contributed by atoms with Gasteiger partial charge in [0.15, 0.2) is 0 Å². The van der Waals surface area contributed by atoms with Crippen molar-refractivity contribution in [2.75, 3.05) is 13.1 Å². The quantitative estimate of drug-likeness (QED) is 0.499. The summed E-state index contributed by atoms with van der Waals surface area (Å²) >= 11 is 1.72. The largest absolute Gasteiger partial charge is 0.445 e. The number of carbonyl (C=O) groups excluding carboxylic acids is 3. The molecule has 1 aromatic rings. The Morgan fingerprint density at radius 2 is 1.89 bits per heavy atom. The first kappa shape index (κ1) is 22.4. The predicted molar refractivity (Wildman–Crippen MR) is 113 cm³/mol. The number of alkyl carbamates (subject to hydrolysis) is 1. The molecule has 0 bridgehead atoms. The highest BCUT2D eigenvalue weighted by Crippen LogP contribution is 2.34. The minimum atomic E-state index is -0.929. The monoisotopic (exact) mass is 502 g/mol. The second-order valence-electron chi connectivity index (χ2n) is 8.14. The van der Waals surface area contributed by atoms with E-state index < -0.39 is 29.2 Å². The fourth-order valence-corrected chi connectivity index (χ4v) is 3.56. The van der Waals surface area contributed by atoms with Crippen LogP contribution in [0, 0.1) is 5.41 Å². The van der Waals surface area contributed by atoms with E-state index in [-0.39, 0.29) is 16.9 Å². The van der Waals surface area contributed by atoms with E-state index in [1.54, 1.807) is 50.3 Å². The van der Waals surface area contributed by atoms with Crippen molar-refractivity contribution in [2.24, 2.45) is 5.41 Å². The molecule has 0 radical (unpaired) electrons. The minimum Gasteiger partial charge on any atom is -0.445 e. The zero-order chi connectivity index (χ0) is 20.9. The molecule has 0 unspecified atom stereocenters. The Bertz CT molecular complexity index is 719. The fraction of sp³-hybridized carbons (Fsp3) is 0.550. The van der Waals surface area contributed by atoms with Crippen molar-refractivity contribution < 1.29 is 23.9 Å². The number of hydrogen-bond donors (Lipinski definition) is 1. The molecule has 1 fully saturated rings. The number of amides is 2. The zero-order valence-electron chi connectivity index (χ0n) is 16.7. The molecule has 0 aliphatic carbocycles. The molecule has 8 heteroatoms. The van der Waals surface area contributed by atoms with Crippen LogP contribution in [-0.4, -0.2) is 45.6 Å². The number of benzene rings is 1. The molecule has 7 nitrogen and oxygen atoms in total. The van der Waals surface area contributed by atoms with E-state index in [9.17, 15) is 14.4 Å². The van der Waals surface area contributed by atoms with Gasteiger partial charge in [0.25, 0.3) is 0 Å². The van der Waals surface area contributed by atoms with Crippen molar-refractivity contribution in [2.45, 2.75) is 52.4 Å². The van der Waals surface area contributed by atoms with E-state index in [2.05, 4.69) is 5.32 Å². The van der Waals surface area contributed by atoms with Gasteiger partial charge in [0, 0.05) is 41.7 Å². The molecule has 2 amide bonds. The maximum Gasteiger partial charge on any atom is 0.410 e. The number of rotatable bonds is 4. The average molecular weight is 502 g/mol. The van der Waals surface area contributed by atoms with Crippen molar-refractivity contribution in [3.63, 3.8) is 0 Å². The third kappa shape index (κ3) is 6.08. The number of piperidine rings is 1. The standard InChI is InChI=1S/C20H27IN2O5/c1-19(2,3)28-18(26)23-11-10-15(20(4,13-23)16(21)24)22-17(25)27-12-14-8-6-5-7-9-14/h5-9,15H,10-13H2,1-4H3,(H,22,25)/t15-,20+/m0/s1. The zero-order valence-corrected chi connectivity index (χ0v) is 18.8. The number of likely N-dealkylation sites (tertiary alicyclic amines) is 1. The molecule has 28 heavy (non-hydrogen) atoms. The van der Waals surface area contributed by atoms with E-state index in [1.165, 1.54) is 4.90 Å². The lowest BCUT2D eigenvalue weighted by atomic mass is 9.78. The number of hydrogen-bond acceptors (Lipinski definition) is 5. The number of halogens is 1. The highest BCUT2D eigenvalue weighted by molar-refractivity contribution is 14.1. The Hall–Kier alpha value is -1.84. The van der Waals surface area contributed by atoms with Crippen LogP contribution in [0.3, 0.4) is 0 Å².